The fraction of sp³-hybridized carbons (Fsp3) is 0.538. The van der Waals surface area contributed by atoms with Crippen LogP contribution in [0.5, 0.6) is 0 Å². The summed E-state index contributed by atoms with van der Waals surface area (Å²) in [6.07, 6.45) is 0.600. The molecule has 1 amide bonds. The Morgan fingerprint density at radius 1 is 1.48 bits per heavy atom. The van der Waals surface area contributed by atoms with Crippen molar-refractivity contribution in [1.82, 2.24) is 10.3 Å². The molecular weight excluding hydrogens is 314 g/mol. The number of amides is 1. The van der Waals surface area contributed by atoms with Crippen LogP contribution in [0.3, 0.4) is 0 Å². The average Bonchev–Trinajstić information content (AvgIpc) is 2.75. The van der Waals surface area contributed by atoms with E-state index in [0.717, 1.165) is 0 Å². The molecule has 1 saturated heterocycles. The number of carbonyl (C=O) groups excluding carboxylic acids is 1. The molecule has 0 radical (unpaired) electrons. The van der Waals surface area contributed by atoms with Crippen LogP contribution in [-0.2, 0) is 9.84 Å². The fourth-order valence-corrected chi connectivity index (χ4v) is 4.34. The molecule has 1 aromatic rings. The van der Waals surface area contributed by atoms with Crippen molar-refractivity contribution < 1.29 is 13.2 Å². The molecule has 0 aliphatic carbocycles. The molecule has 0 bridgehead atoms. The highest BCUT2D eigenvalue weighted by molar-refractivity contribution is 7.91. The minimum Gasteiger partial charge on any atom is -0.370 e. The number of nitrogens with one attached hydrogen (secondary N) is 2. The number of sulfone groups is 1. The summed E-state index contributed by atoms with van der Waals surface area (Å²) in [5.41, 5.74) is 0.409. The first kappa shape index (κ1) is 16.0. The van der Waals surface area contributed by atoms with Crippen molar-refractivity contribution in [3.63, 3.8) is 0 Å². The highest BCUT2D eigenvalue weighted by Crippen LogP contribution is 2.18. The van der Waals surface area contributed by atoms with Crippen LogP contribution < -0.4 is 10.6 Å². The van der Waals surface area contributed by atoms with E-state index in [2.05, 4.69) is 15.6 Å². The van der Waals surface area contributed by atoms with Gasteiger partial charge in [-0.15, -0.1) is 0 Å². The minimum absolute atomic E-state index is 0.00973. The normalized spacial score (nSPS) is 20.2. The van der Waals surface area contributed by atoms with Crippen LogP contribution in [0, 0.1) is 5.92 Å². The van der Waals surface area contributed by atoms with Gasteiger partial charge >= 0.3 is 0 Å². The summed E-state index contributed by atoms with van der Waals surface area (Å²) >= 11 is 5.88. The molecule has 2 rings (SSSR count). The second-order valence-corrected chi connectivity index (χ2v) is 7.69. The lowest BCUT2D eigenvalue weighted by atomic mass is 10.1. The summed E-state index contributed by atoms with van der Waals surface area (Å²) < 4.78 is 22.7. The third-order valence-corrected chi connectivity index (χ3v) is 5.32. The van der Waals surface area contributed by atoms with Crippen LogP contribution >= 0.6 is 11.6 Å². The van der Waals surface area contributed by atoms with Crippen molar-refractivity contribution >= 4 is 33.2 Å². The standard InChI is InChI=1S/C13H18ClN3O3S/c1-2-15-12-6-10(5-11(14)17-12)13(18)16-7-9-3-4-21(19,20)8-9/h5-6,9H,2-4,7-8H2,1H3,(H,15,17)(H,16,18). The Bertz CT molecular complexity index is 634. The fourth-order valence-electron chi connectivity index (χ4n) is 2.27. The van der Waals surface area contributed by atoms with Crippen molar-refractivity contribution in [3.05, 3.63) is 22.8 Å². The molecule has 1 fully saturated rings. The molecule has 1 atom stereocenters. The molecule has 21 heavy (non-hydrogen) atoms. The van der Waals surface area contributed by atoms with Gasteiger partial charge in [-0.05, 0) is 31.4 Å². The van der Waals surface area contributed by atoms with E-state index in [1.54, 1.807) is 6.07 Å². The largest absolute Gasteiger partial charge is 0.370 e. The predicted octanol–water partition coefficient (Wildman–Crippen LogP) is 1.33. The lowest BCUT2D eigenvalue weighted by molar-refractivity contribution is 0.0948. The Morgan fingerprint density at radius 3 is 2.86 bits per heavy atom. The average molecular weight is 332 g/mol. The van der Waals surface area contributed by atoms with E-state index in [0.29, 0.717) is 30.9 Å². The molecule has 8 heteroatoms. The molecule has 2 heterocycles. The van der Waals surface area contributed by atoms with Crippen LogP contribution in [0.4, 0.5) is 5.82 Å². The highest BCUT2D eigenvalue weighted by Gasteiger charge is 2.28. The van der Waals surface area contributed by atoms with Crippen LogP contribution in [0.2, 0.25) is 5.15 Å². The summed E-state index contributed by atoms with van der Waals surface area (Å²) in [7, 11) is -2.92. The quantitative estimate of drug-likeness (QED) is 0.795. The van der Waals surface area contributed by atoms with E-state index in [-0.39, 0.29) is 28.5 Å². The molecule has 116 valence electrons. The van der Waals surface area contributed by atoms with Crippen molar-refractivity contribution in [2.45, 2.75) is 13.3 Å². The molecule has 2 N–H and O–H groups in total. The summed E-state index contributed by atoms with van der Waals surface area (Å²) in [4.78, 5) is 16.2. The highest BCUT2D eigenvalue weighted by atomic mass is 35.5. The Labute approximate surface area is 129 Å². The number of halogens is 1. The maximum atomic E-state index is 12.1. The van der Waals surface area contributed by atoms with Gasteiger partial charge in [-0.25, -0.2) is 13.4 Å². The molecule has 6 nitrogen and oxygen atoms in total. The number of anilines is 1. The Balaban J connectivity index is 1.97. The van der Waals surface area contributed by atoms with Gasteiger partial charge in [0.25, 0.3) is 5.91 Å². The van der Waals surface area contributed by atoms with Gasteiger partial charge in [-0.2, -0.15) is 0 Å². The van der Waals surface area contributed by atoms with Crippen molar-refractivity contribution in [3.8, 4) is 0 Å². The Hall–Kier alpha value is -1.34. The van der Waals surface area contributed by atoms with E-state index < -0.39 is 9.84 Å². The van der Waals surface area contributed by atoms with Crippen molar-refractivity contribution in [2.24, 2.45) is 5.92 Å². The zero-order valence-corrected chi connectivity index (χ0v) is 13.3. The van der Waals surface area contributed by atoms with Gasteiger partial charge < -0.3 is 10.6 Å². The number of carbonyl (C=O) groups is 1. The number of aromatic nitrogens is 1. The van der Waals surface area contributed by atoms with E-state index in [1.165, 1.54) is 6.07 Å². The van der Waals surface area contributed by atoms with E-state index in [9.17, 15) is 13.2 Å². The second-order valence-electron chi connectivity index (χ2n) is 5.07. The number of rotatable bonds is 5. The number of nitrogens with zero attached hydrogens (tertiary/aromatic N) is 1. The zero-order valence-electron chi connectivity index (χ0n) is 11.7. The van der Waals surface area contributed by atoms with Gasteiger partial charge in [-0.1, -0.05) is 11.6 Å². The molecule has 1 aromatic heterocycles. The van der Waals surface area contributed by atoms with Crippen LogP contribution in [0.1, 0.15) is 23.7 Å². The van der Waals surface area contributed by atoms with Crippen molar-refractivity contribution in [2.75, 3.05) is 29.9 Å². The maximum Gasteiger partial charge on any atom is 0.251 e. The van der Waals surface area contributed by atoms with Gasteiger partial charge in [0, 0.05) is 18.7 Å². The summed E-state index contributed by atoms with van der Waals surface area (Å²) in [5, 5.41) is 5.99. The summed E-state index contributed by atoms with van der Waals surface area (Å²) in [6.45, 7) is 2.95. The molecular formula is C13H18ClN3O3S. The van der Waals surface area contributed by atoms with Gasteiger partial charge in [-0.3, -0.25) is 4.79 Å². The third kappa shape index (κ3) is 4.57. The first-order valence-corrected chi connectivity index (χ1v) is 8.99. The zero-order chi connectivity index (χ0) is 15.5. The second kappa shape index (κ2) is 6.62. The lowest BCUT2D eigenvalue weighted by Crippen LogP contribution is -2.30. The topological polar surface area (TPSA) is 88.2 Å². The smallest absolute Gasteiger partial charge is 0.251 e. The number of hydrogen-bond acceptors (Lipinski definition) is 5. The Morgan fingerprint density at radius 2 is 2.24 bits per heavy atom. The molecule has 0 saturated carbocycles. The van der Waals surface area contributed by atoms with Crippen LogP contribution in [0.15, 0.2) is 12.1 Å². The Kier molecular flexibility index (Phi) is 5.05. The number of pyridine rings is 1. The molecule has 1 aliphatic rings. The molecule has 0 spiro atoms. The van der Waals surface area contributed by atoms with Gasteiger partial charge in [0.2, 0.25) is 0 Å². The molecule has 1 unspecified atom stereocenters. The summed E-state index contributed by atoms with van der Waals surface area (Å²) in [5.74, 6) is 0.609. The molecule has 1 aliphatic heterocycles. The maximum absolute atomic E-state index is 12.1. The monoisotopic (exact) mass is 331 g/mol. The van der Waals surface area contributed by atoms with E-state index >= 15 is 0 Å². The van der Waals surface area contributed by atoms with Crippen LogP contribution in [0.25, 0.3) is 0 Å². The lowest BCUT2D eigenvalue weighted by Gasteiger charge is -2.11. The molecule has 0 aromatic carbocycles. The van der Waals surface area contributed by atoms with Crippen molar-refractivity contribution in [1.29, 1.82) is 0 Å². The first-order chi connectivity index (χ1) is 9.89. The number of hydrogen-bond donors (Lipinski definition) is 2. The van der Waals surface area contributed by atoms with E-state index in [1.807, 2.05) is 6.92 Å². The predicted molar refractivity (Wildman–Crippen MR) is 82.5 cm³/mol. The summed E-state index contributed by atoms with van der Waals surface area (Å²) in [6, 6.07) is 3.11. The SMILES string of the molecule is CCNc1cc(C(=O)NCC2CCS(=O)(=O)C2)cc(Cl)n1. The van der Waals surface area contributed by atoms with Gasteiger partial charge in [0.1, 0.15) is 11.0 Å². The third-order valence-electron chi connectivity index (χ3n) is 3.29. The first-order valence-electron chi connectivity index (χ1n) is 6.79. The van der Waals surface area contributed by atoms with Gasteiger partial charge in [0.15, 0.2) is 9.84 Å². The van der Waals surface area contributed by atoms with Gasteiger partial charge in [0.05, 0.1) is 11.5 Å². The van der Waals surface area contributed by atoms with Crippen LogP contribution in [-0.4, -0.2) is 43.9 Å². The van der Waals surface area contributed by atoms with E-state index in [4.69, 9.17) is 11.6 Å². The minimum atomic E-state index is -2.92.